The van der Waals surface area contributed by atoms with Gasteiger partial charge in [-0.25, -0.2) is 0 Å². The van der Waals surface area contributed by atoms with E-state index in [0.717, 1.165) is 17.5 Å². The van der Waals surface area contributed by atoms with Crippen molar-refractivity contribution in [3.8, 4) is 17.2 Å². The zero-order chi connectivity index (χ0) is 28.5. The Morgan fingerprint density at radius 2 is 1.46 bits per heavy atom. The molecule has 7 heteroatoms. The SMILES string of the molecule is CCc1ccc(C2/C(=C(\O)c3cc(C(C)(C)C)ccc3OC)C(=O)C(=O)N2c2ccc(OC)c(OC)c2)cc1. The summed E-state index contributed by atoms with van der Waals surface area (Å²) < 4.78 is 16.4. The maximum atomic E-state index is 13.7. The lowest BCUT2D eigenvalue weighted by molar-refractivity contribution is -0.132. The number of aliphatic hydroxyl groups excluding tert-OH is 1. The summed E-state index contributed by atoms with van der Waals surface area (Å²) in [6.07, 6.45) is 0.840. The average molecular weight is 530 g/mol. The third-order valence-corrected chi connectivity index (χ3v) is 7.11. The predicted molar refractivity (Wildman–Crippen MR) is 152 cm³/mol. The lowest BCUT2D eigenvalue weighted by atomic mass is 9.85. The molecular weight excluding hydrogens is 494 g/mol. The number of ketones is 1. The molecule has 39 heavy (non-hydrogen) atoms. The first kappa shape index (κ1) is 27.8. The summed E-state index contributed by atoms with van der Waals surface area (Å²) in [5.41, 5.74) is 3.31. The number of benzene rings is 3. The molecule has 4 rings (SSSR count). The van der Waals surface area contributed by atoms with Crippen LogP contribution in [0.25, 0.3) is 5.76 Å². The number of hydrogen-bond donors (Lipinski definition) is 1. The Hall–Kier alpha value is -4.26. The standard InChI is InChI=1S/C32H35NO6/c1-8-19-9-11-20(12-10-19)28-27(29(34)23-17-21(32(2,3)4)13-15-24(23)37-5)30(35)31(36)33(28)22-14-16-25(38-6)26(18-22)39-7/h9-18,28,34H,8H2,1-7H3/b29-27+. The van der Waals surface area contributed by atoms with E-state index in [1.165, 1.54) is 26.2 Å². The number of rotatable bonds is 7. The first-order chi connectivity index (χ1) is 18.5. The number of ether oxygens (including phenoxy) is 3. The van der Waals surface area contributed by atoms with Crippen LogP contribution >= 0.6 is 0 Å². The van der Waals surface area contributed by atoms with Gasteiger partial charge in [0.2, 0.25) is 0 Å². The van der Waals surface area contributed by atoms with Gasteiger partial charge in [-0.3, -0.25) is 14.5 Å². The molecule has 0 saturated carbocycles. The lowest BCUT2D eigenvalue weighted by Crippen LogP contribution is -2.29. The number of aryl methyl sites for hydroxylation is 1. The second-order valence-corrected chi connectivity index (χ2v) is 10.5. The van der Waals surface area contributed by atoms with Gasteiger partial charge in [-0.05, 0) is 52.8 Å². The number of carbonyl (C=O) groups excluding carboxylic acids is 2. The van der Waals surface area contributed by atoms with Crippen LogP contribution in [0.2, 0.25) is 0 Å². The highest BCUT2D eigenvalue weighted by molar-refractivity contribution is 6.51. The third-order valence-electron chi connectivity index (χ3n) is 7.11. The molecule has 1 fully saturated rings. The van der Waals surface area contributed by atoms with Crippen molar-refractivity contribution in [1.29, 1.82) is 0 Å². The van der Waals surface area contributed by atoms with Crippen LogP contribution in [0, 0.1) is 0 Å². The largest absolute Gasteiger partial charge is 0.507 e. The fraction of sp³-hybridized carbons (Fsp3) is 0.312. The zero-order valence-corrected chi connectivity index (χ0v) is 23.5. The van der Waals surface area contributed by atoms with E-state index in [1.807, 2.05) is 36.4 Å². The molecule has 0 aromatic heterocycles. The second kappa shape index (κ2) is 10.8. The Balaban J connectivity index is 1.99. The molecule has 1 N–H and O–H groups in total. The number of nitrogens with zero attached hydrogens (tertiary/aromatic N) is 1. The van der Waals surface area contributed by atoms with Crippen molar-refractivity contribution < 1.29 is 28.9 Å². The third kappa shape index (κ3) is 5.09. The summed E-state index contributed by atoms with van der Waals surface area (Å²) in [5, 5.41) is 11.7. The number of methoxy groups -OCH3 is 3. The van der Waals surface area contributed by atoms with Crippen LogP contribution in [0.5, 0.6) is 17.2 Å². The van der Waals surface area contributed by atoms with Crippen molar-refractivity contribution >= 4 is 23.1 Å². The molecule has 204 valence electrons. The van der Waals surface area contributed by atoms with Gasteiger partial charge in [0.15, 0.2) is 11.5 Å². The minimum absolute atomic E-state index is 0.0107. The summed E-state index contributed by atoms with van der Waals surface area (Å²) in [4.78, 5) is 28.7. The molecule has 0 radical (unpaired) electrons. The van der Waals surface area contributed by atoms with E-state index >= 15 is 0 Å². The molecule has 0 spiro atoms. The Bertz CT molecular complexity index is 1430. The topological polar surface area (TPSA) is 85.3 Å². The molecule has 3 aromatic rings. The quantitative estimate of drug-likeness (QED) is 0.223. The first-order valence-electron chi connectivity index (χ1n) is 12.9. The van der Waals surface area contributed by atoms with Crippen molar-refractivity contribution in [1.82, 2.24) is 0 Å². The average Bonchev–Trinajstić information content (AvgIpc) is 3.21. The molecule has 1 heterocycles. The highest BCUT2D eigenvalue weighted by Gasteiger charge is 2.47. The highest BCUT2D eigenvalue weighted by atomic mass is 16.5. The normalized spacial score (nSPS) is 16.9. The maximum Gasteiger partial charge on any atom is 0.300 e. The molecule has 0 bridgehead atoms. The summed E-state index contributed by atoms with van der Waals surface area (Å²) in [6, 6.07) is 17.4. The van der Waals surface area contributed by atoms with Crippen LogP contribution in [0.3, 0.4) is 0 Å². The van der Waals surface area contributed by atoms with Gasteiger partial charge in [0.05, 0.1) is 38.5 Å². The van der Waals surface area contributed by atoms with E-state index in [0.29, 0.717) is 34.1 Å². The zero-order valence-electron chi connectivity index (χ0n) is 23.5. The van der Waals surface area contributed by atoms with E-state index in [2.05, 4.69) is 27.7 Å². The molecule has 1 amide bonds. The number of hydrogen-bond acceptors (Lipinski definition) is 6. The molecule has 1 aliphatic heterocycles. The van der Waals surface area contributed by atoms with Gasteiger partial charge in [0, 0.05) is 11.8 Å². The predicted octanol–water partition coefficient (Wildman–Crippen LogP) is 6.20. The van der Waals surface area contributed by atoms with Crippen molar-refractivity contribution in [2.75, 3.05) is 26.2 Å². The number of anilines is 1. The molecule has 1 unspecified atom stereocenters. The van der Waals surface area contributed by atoms with Gasteiger partial charge in [-0.1, -0.05) is 58.0 Å². The summed E-state index contributed by atoms with van der Waals surface area (Å²) in [7, 11) is 4.54. The van der Waals surface area contributed by atoms with Gasteiger partial charge in [-0.2, -0.15) is 0 Å². The number of Topliss-reactive ketones (excluding diaryl/α,β-unsaturated/α-hetero) is 1. The Morgan fingerprint density at radius 1 is 0.846 bits per heavy atom. The molecule has 1 atom stereocenters. The minimum Gasteiger partial charge on any atom is -0.507 e. The van der Waals surface area contributed by atoms with Gasteiger partial charge < -0.3 is 19.3 Å². The van der Waals surface area contributed by atoms with Crippen LogP contribution in [0.4, 0.5) is 5.69 Å². The molecule has 7 nitrogen and oxygen atoms in total. The molecular formula is C32H35NO6. The van der Waals surface area contributed by atoms with Gasteiger partial charge >= 0.3 is 0 Å². The van der Waals surface area contributed by atoms with E-state index < -0.39 is 17.7 Å². The molecule has 1 saturated heterocycles. The second-order valence-electron chi connectivity index (χ2n) is 10.5. The van der Waals surface area contributed by atoms with Crippen LogP contribution < -0.4 is 19.1 Å². The van der Waals surface area contributed by atoms with E-state index in [9.17, 15) is 14.7 Å². The van der Waals surface area contributed by atoms with Crippen LogP contribution in [-0.4, -0.2) is 38.1 Å². The van der Waals surface area contributed by atoms with Crippen molar-refractivity contribution in [2.24, 2.45) is 0 Å². The smallest absolute Gasteiger partial charge is 0.300 e. The van der Waals surface area contributed by atoms with E-state index in [4.69, 9.17) is 14.2 Å². The van der Waals surface area contributed by atoms with E-state index in [1.54, 1.807) is 24.3 Å². The molecule has 3 aromatic carbocycles. The van der Waals surface area contributed by atoms with Gasteiger partial charge in [0.25, 0.3) is 11.7 Å². The fourth-order valence-electron chi connectivity index (χ4n) is 4.83. The van der Waals surface area contributed by atoms with Crippen LogP contribution in [0.15, 0.2) is 66.2 Å². The van der Waals surface area contributed by atoms with E-state index in [-0.39, 0.29) is 16.7 Å². The van der Waals surface area contributed by atoms with Crippen molar-refractivity contribution in [3.63, 3.8) is 0 Å². The van der Waals surface area contributed by atoms with Crippen molar-refractivity contribution in [2.45, 2.75) is 45.6 Å². The van der Waals surface area contributed by atoms with Crippen LogP contribution in [-0.2, 0) is 21.4 Å². The summed E-state index contributed by atoms with van der Waals surface area (Å²) in [5.74, 6) is -0.516. The van der Waals surface area contributed by atoms with Gasteiger partial charge in [0.1, 0.15) is 11.5 Å². The lowest BCUT2D eigenvalue weighted by Gasteiger charge is -2.26. The fourth-order valence-corrected chi connectivity index (χ4v) is 4.83. The highest BCUT2D eigenvalue weighted by Crippen LogP contribution is 2.45. The van der Waals surface area contributed by atoms with Crippen LogP contribution in [0.1, 0.15) is 56.0 Å². The maximum absolute atomic E-state index is 13.7. The Kier molecular flexibility index (Phi) is 7.72. The Morgan fingerprint density at radius 3 is 2.03 bits per heavy atom. The number of amides is 1. The first-order valence-corrected chi connectivity index (χ1v) is 12.9. The van der Waals surface area contributed by atoms with Crippen molar-refractivity contribution in [3.05, 3.63) is 88.5 Å². The Labute approximate surface area is 229 Å². The molecule has 0 aliphatic carbocycles. The number of aliphatic hydroxyl groups is 1. The summed E-state index contributed by atoms with van der Waals surface area (Å²) in [6.45, 7) is 8.23. The number of carbonyl (C=O) groups is 2. The van der Waals surface area contributed by atoms with Gasteiger partial charge in [-0.15, -0.1) is 0 Å². The minimum atomic E-state index is -0.878. The monoisotopic (exact) mass is 529 g/mol. The summed E-state index contributed by atoms with van der Waals surface area (Å²) >= 11 is 0. The molecule has 1 aliphatic rings.